The third-order valence-corrected chi connectivity index (χ3v) is 4.74. The van der Waals surface area contributed by atoms with Crippen molar-refractivity contribution in [3.05, 3.63) is 46.8 Å². The summed E-state index contributed by atoms with van der Waals surface area (Å²) in [5.74, 6) is 1.51. The smallest absolute Gasteiger partial charge is 0.220 e. The lowest BCUT2D eigenvalue weighted by Crippen LogP contribution is -2.30. The maximum atomic E-state index is 12.2. The van der Waals surface area contributed by atoms with Gasteiger partial charge in [0, 0.05) is 18.7 Å². The molecule has 0 bridgehead atoms. The third kappa shape index (κ3) is 3.96. The first-order chi connectivity index (χ1) is 11.6. The predicted octanol–water partition coefficient (Wildman–Crippen LogP) is 2.72. The first-order valence-corrected chi connectivity index (χ1v) is 8.61. The average Bonchev–Trinajstić information content (AvgIpc) is 2.79. The number of fused-ring (bicyclic) bond motifs is 1. The summed E-state index contributed by atoms with van der Waals surface area (Å²) in [6.45, 7) is 5.39. The fraction of sp³-hybridized carbons (Fsp3) is 0.474. The van der Waals surface area contributed by atoms with Gasteiger partial charge in [-0.25, -0.2) is 0 Å². The molecule has 2 aromatic rings. The van der Waals surface area contributed by atoms with Gasteiger partial charge in [0.15, 0.2) is 0 Å². The zero-order valence-corrected chi connectivity index (χ0v) is 14.4. The normalized spacial score (nSPS) is 16.8. The number of ether oxygens (including phenoxy) is 1. The number of aromatic amines is 1. The Bertz CT molecular complexity index is 689. The number of rotatable bonds is 5. The number of para-hydroxylation sites is 1. The second-order valence-corrected chi connectivity index (χ2v) is 6.53. The summed E-state index contributed by atoms with van der Waals surface area (Å²) >= 11 is 0. The molecule has 1 aromatic heterocycles. The highest BCUT2D eigenvalue weighted by Crippen LogP contribution is 2.26. The number of carbonyl (C=O) groups excluding carboxylic acids is 1. The van der Waals surface area contributed by atoms with Crippen molar-refractivity contribution in [2.45, 2.75) is 39.5 Å². The highest BCUT2D eigenvalue weighted by molar-refractivity contribution is 5.76. The van der Waals surface area contributed by atoms with E-state index in [9.17, 15) is 4.79 Å². The molecule has 0 aliphatic carbocycles. The molecule has 0 saturated carbocycles. The molecule has 5 heteroatoms. The molecule has 128 valence electrons. The van der Waals surface area contributed by atoms with Crippen molar-refractivity contribution in [3.8, 4) is 5.75 Å². The van der Waals surface area contributed by atoms with Crippen LogP contribution >= 0.6 is 0 Å². The molecule has 3 rings (SSSR count). The van der Waals surface area contributed by atoms with Gasteiger partial charge in [-0.1, -0.05) is 18.2 Å². The predicted molar refractivity (Wildman–Crippen MR) is 93.1 cm³/mol. The minimum absolute atomic E-state index is 0.105. The van der Waals surface area contributed by atoms with Crippen molar-refractivity contribution < 1.29 is 9.53 Å². The summed E-state index contributed by atoms with van der Waals surface area (Å²) in [6, 6.07) is 8.17. The standard InChI is InChI=1S/C19H25N3O2/c1-13-17(14(2)22-21-13)7-8-19(23)20-12-15-9-10-24-18-6-4-3-5-16(18)11-15/h3-6,15H,7-12H2,1-2H3,(H,20,23)(H,21,22)/t15-/m1/s1. The molecule has 24 heavy (non-hydrogen) atoms. The third-order valence-electron chi connectivity index (χ3n) is 4.74. The summed E-state index contributed by atoms with van der Waals surface area (Å²) in [4.78, 5) is 12.2. The van der Waals surface area contributed by atoms with Gasteiger partial charge in [-0.05, 0) is 56.2 Å². The zero-order chi connectivity index (χ0) is 16.9. The van der Waals surface area contributed by atoms with Crippen molar-refractivity contribution in [1.82, 2.24) is 15.5 Å². The van der Waals surface area contributed by atoms with Crippen LogP contribution in [0.2, 0.25) is 0 Å². The van der Waals surface area contributed by atoms with E-state index in [0.29, 0.717) is 25.5 Å². The number of nitrogens with one attached hydrogen (secondary N) is 2. The first-order valence-electron chi connectivity index (χ1n) is 8.61. The summed E-state index contributed by atoms with van der Waals surface area (Å²) in [5.41, 5.74) is 4.43. The van der Waals surface area contributed by atoms with E-state index >= 15 is 0 Å². The number of hydrogen-bond donors (Lipinski definition) is 2. The van der Waals surface area contributed by atoms with Crippen molar-refractivity contribution in [2.75, 3.05) is 13.2 Å². The van der Waals surface area contributed by atoms with Crippen LogP contribution in [0.1, 0.15) is 35.4 Å². The molecule has 0 fully saturated rings. The average molecular weight is 327 g/mol. The van der Waals surface area contributed by atoms with Gasteiger partial charge in [-0.15, -0.1) is 0 Å². The lowest BCUT2D eigenvalue weighted by atomic mass is 9.97. The summed E-state index contributed by atoms with van der Waals surface area (Å²) in [7, 11) is 0. The Hall–Kier alpha value is -2.30. The monoisotopic (exact) mass is 327 g/mol. The molecule has 0 saturated heterocycles. The van der Waals surface area contributed by atoms with Crippen molar-refractivity contribution in [1.29, 1.82) is 0 Å². The summed E-state index contributed by atoms with van der Waals surface area (Å²) in [5, 5.41) is 10.2. The van der Waals surface area contributed by atoms with E-state index in [4.69, 9.17) is 4.74 Å². The van der Waals surface area contributed by atoms with Crippen LogP contribution in [0.3, 0.4) is 0 Å². The maximum Gasteiger partial charge on any atom is 0.220 e. The topological polar surface area (TPSA) is 67.0 Å². The number of H-pyrrole nitrogens is 1. The lowest BCUT2D eigenvalue weighted by Gasteiger charge is -2.14. The van der Waals surface area contributed by atoms with E-state index in [0.717, 1.165) is 42.0 Å². The van der Waals surface area contributed by atoms with E-state index in [-0.39, 0.29) is 5.91 Å². The van der Waals surface area contributed by atoms with Crippen LogP contribution in [-0.4, -0.2) is 29.3 Å². The molecule has 1 aromatic carbocycles. The Balaban J connectivity index is 1.48. The molecule has 2 heterocycles. The number of benzene rings is 1. The maximum absolute atomic E-state index is 12.2. The van der Waals surface area contributed by atoms with Crippen LogP contribution < -0.4 is 10.1 Å². The van der Waals surface area contributed by atoms with Crippen LogP contribution in [0.15, 0.2) is 24.3 Å². The Morgan fingerprint density at radius 1 is 1.38 bits per heavy atom. The fourth-order valence-electron chi connectivity index (χ4n) is 3.26. The quantitative estimate of drug-likeness (QED) is 0.887. The SMILES string of the molecule is Cc1n[nH]c(C)c1CCC(=O)NC[C@@H]1CCOc2ccccc2C1. The Labute approximate surface area is 142 Å². The largest absolute Gasteiger partial charge is 0.493 e. The van der Waals surface area contributed by atoms with Crippen LogP contribution in [0, 0.1) is 19.8 Å². The molecule has 1 aliphatic heterocycles. The minimum atomic E-state index is 0.105. The van der Waals surface area contributed by atoms with E-state index in [1.165, 1.54) is 5.56 Å². The molecule has 0 radical (unpaired) electrons. The summed E-state index contributed by atoms with van der Waals surface area (Å²) in [6.07, 6.45) is 3.16. The van der Waals surface area contributed by atoms with Crippen molar-refractivity contribution >= 4 is 5.91 Å². The van der Waals surface area contributed by atoms with Crippen molar-refractivity contribution in [3.63, 3.8) is 0 Å². The molecular weight excluding hydrogens is 302 g/mol. The fourth-order valence-corrected chi connectivity index (χ4v) is 3.26. The van der Waals surface area contributed by atoms with Crippen LogP contribution in [0.25, 0.3) is 0 Å². The molecule has 2 N–H and O–H groups in total. The van der Waals surface area contributed by atoms with Gasteiger partial charge in [-0.2, -0.15) is 5.10 Å². The van der Waals surface area contributed by atoms with Gasteiger partial charge in [-0.3, -0.25) is 9.89 Å². The van der Waals surface area contributed by atoms with E-state index < -0.39 is 0 Å². The minimum Gasteiger partial charge on any atom is -0.493 e. The van der Waals surface area contributed by atoms with Crippen LogP contribution in [0.5, 0.6) is 5.75 Å². The zero-order valence-electron chi connectivity index (χ0n) is 14.4. The molecule has 0 spiro atoms. The highest BCUT2D eigenvalue weighted by atomic mass is 16.5. The van der Waals surface area contributed by atoms with E-state index in [2.05, 4.69) is 21.6 Å². The second-order valence-electron chi connectivity index (χ2n) is 6.53. The van der Waals surface area contributed by atoms with Crippen LogP contribution in [0.4, 0.5) is 0 Å². The van der Waals surface area contributed by atoms with Gasteiger partial charge in [0.2, 0.25) is 5.91 Å². The van der Waals surface area contributed by atoms with Gasteiger partial charge in [0.1, 0.15) is 5.75 Å². The number of carbonyl (C=O) groups is 1. The Morgan fingerprint density at radius 3 is 3.00 bits per heavy atom. The van der Waals surface area contributed by atoms with Gasteiger partial charge < -0.3 is 10.1 Å². The molecule has 1 atom stereocenters. The van der Waals surface area contributed by atoms with Gasteiger partial charge >= 0.3 is 0 Å². The lowest BCUT2D eigenvalue weighted by molar-refractivity contribution is -0.121. The highest BCUT2D eigenvalue weighted by Gasteiger charge is 2.18. The first kappa shape index (κ1) is 16.6. The number of nitrogens with zero attached hydrogens (tertiary/aromatic N) is 1. The number of hydrogen-bond acceptors (Lipinski definition) is 3. The molecule has 0 unspecified atom stereocenters. The molecular formula is C19H25N3O2. The van der Waals surface area contributed by atoms with Crippen LogP contribution in [-0.2, 0) is 17.6 Å². The number of aromatic nitrogens is 2. The van der Waals surface area contributed by atoms with E-state index in [1.54, 1.807) is 0 Å². The summed E-state index contributed by atoms with van der Waals surface area (Å²) < 4.78 is 5.79. The number of aryl methyl sites for hydroxylation is 2. The van der Waals surface area contributed by atoms with Crippen molar-refractivity contribution in [2.24, 2.45) is 5.92 Å². The van der Waals surface area contributed by atoms with Gasteiger partial charge in [0.25, 0.3) is 0 Å². The molecule has 1 amide bonds. The second kappa shape index (κ2) is 7.51. The molecule has 5 nitrogen and oxygen atoms in total. The Kier molecular flexibility index (Phi) is 5.18. The Morgan fingerprint density at radius 2 is 2.21 bits per heavy atom. The van der Waals surface area contributed by atoms with E-state index in [1.807, 2.05) is 32.0 Å². The number of amides is 1. The molecule has 1 aliphatic rings. The van der Waals surface area contributed by atoms with Gasteiger partial charge in [0.05, 0.1) is 12.3 Å².